The third-order valence-electron chi connectivity index (χ3n) is 8.58. The van der Waals surface area contributed by atoms with E-state index >= 15 is 0 Å². The summed E-state index contributed by atoms with van der Waals surface area (Å²) in [5, 5.41) is 8.50. The lowest BCUT2D eigenvalue weighted by atomic mass is 9.77. The van der Waals surface area contributed by atoms with E-state index in [1.54, 1.807) is 0 Å². The van der Waals surface area contributed by atoms with Gasteiger partial charge in [0, 0.05) is 0 Å². The molecule has 0 aliphatic rings. The van der Waals surface area contributed by atoms with Crippen LogP contribution in [0.15, 0.2) is 0 Å². The predicted molar refractivity (Wildman–Crippen MR) is 188 cm³/mol. The van der Waals surface area contributed by atoms with E-state index in [4.69, 9.17) is 24.8 Å². The first-order valence-corrected chi connectivity index (χ1v) is 18.2. The largest absolute Gasteiger partial charge is 0.345 e. The van der Waals surface area contributed by atoms with Crippen LogP contribution in [0.5, 0.6) is 0 Å². The van der Waals surface area contributed by atoms with Crippen LogP contribution in [0.3, 0.4) is 0 Å². The van der Waals surface area contributed by atoms with E-state index in [-0.39, 0.29) is 35.1 Å². The lowest BCUT2D eigenvalue weighted by molar-refractivity contribution is -0.343. The van der Waals surface area contributed by atoms with Crippen LogP contribution < -0.4 is 0 Å². The first kappa shape index (κ1) is 47.4. The molecule has 0 bridgehead atoms. The Morgan fingerprint density at radius 3 is 1.26 bits per heavy atom. The highest BCUT2D eigenvalue weighted by molar-refractivity contribution is 5.72. The van der Waals surface area contributed by atoms with Gasteiger partial charge in [-0.3, -0.25) is 9.78 Å². The number of carbonyl (C=O) groups excluding carboxylic acids is 3. The van der Waals surface area contributed by atoms with Crippen LogP contribution in [0.1, 0.15) is 187 Å². The molecule has 0 saturated heterocycles. The number of hydrogen-bond acceptors (Lipinski definition) is 9. The Bertz CT molecular complexity index is 808. The van der Waals surface area contributed by atoms with Crippen molar-refractivity contribution < 1.29 is 44.1 Å². The van der Waals surface area contributed by atoms with Crippen molar-refractivity contribution in [2.45, 2.75) is 198 Å². The fourth-order valence-corrected chi connectivity index (χ4v) is 4.98. The molecule has 0 fully saturated rings. The van der Waals surface area contributed by atoms with Crippen molar-refractivity contribution in [1.82, 2.24) is 0 Å². The molecule has 280 valence electrons. The van der Waals surface area contributed by atoms with Crippen molar-refractivity contribution in [3.63, 3.8) is 0 Å². The Hall–Kier alpha value is -1.71. The summed E-state index contributed by atoms with van der Waals surface area (Å²) in [6.07, 6.45) is 12.4. The van der Waals surface area contributed by atoms with E-state index in [0.717, 1.165) is 77.0 Å². The second-order valence-electron chi connectivity index (χ2n) is 16.6. The maximum absolute atomic E-state index is 12.2. The molecule has 0 spiro atoms. The Kier molecular flexibility index (Phi) is 23.8. The van der Waals surface area contributed by atoms with Crippen LogP contribution >= 0.6 is 0 Å². The standard InChI is InChI=1S/C24H46O6.C14H28O3/c1-9-13-15-19(11-3)21(25)27-29-23(5,6)17-18-24(7,8)30-28-22(26)20(12-4)16-14-10-2;1-13(2,3)10-8-7-9-11(12(15)17-16)14(4,5)6/h19-20H,9-18H2,1-8H3;11,16H,7-10H2,1-6H3. The van der Waals surface area contributed by atoms with Gasteiger partial charge in [0.2, 0.25) is 0 Å². The van der Waals surface area contributed by atoms with Gasteiger partial charge >= 0.3 is 17.9 Å². The Labute approximate surface area is 288 Å². The lowest BCUT2D eigenvalue weighted by Crippen LogP contribution is -2.34. The molecule has 0 saturated carbocycles. The van der Waals surface area contributed by atoms with Crippen LogP contribution in [-0.2, 0) is 38.8 Å². The van der Waals surface area contributed by atoms with E-state index in [2.05, 4.69) is 39.5 Å². The molecule has 9 nitrogen and oxygen atoms in total. The van der Waals surface area contributed by atoms with E-state index in [1.807, 2.05) is 62.3 Å². The minimum atomic E-state index is -0.670. The van der Waals surface area contributed by atoms with Gasteiger partial charge in [0.1, 0.15) is 11.2 Å². The molecule has 47 heavy (non-hydrogen) atoms. The van der Waals surface area contributed by atoms with Crippen LogP contribution in [0.4, 0.5) is 0 Å². The molecular weight excluding hydrogens is 600 g/mol. The average Bonchev–Trinajstić information content (AvgIpc) is 2.97. The molecule has 0 aliphatic carbocycles. The maximum Gasteiger partial charge on any atom is 0.345 e. The average molecular weight is 675 g/mol. The maximum atomic E-state index is 12.2. The third-order valence-corrected chi connectivity index (χ3v) is 8.58. The Balaban J connectivity index is 0. The second-order valence-corrected chi connectivity index (χ2v) is 16.6. The van der Waals surface area contributed by atoms with Crippen LogP contribution in [0, 0.1) is 28.6 Å². The first-order chi connectivity index (χ1) is 21.6. The molecule has 0 aromatic carbocycles. The molecule has 0 amide bonds. The molecule has 3 atom stereocenters. The van der Waals surface area contributed by atoms with Crippen LogP contribution in [0.2, 0.25) is 0 Å². The fraction of sp³-hybridized carbons (Fsp3) is 0.921. The molecule has 0 aliphatic heterocycles. The van der Waals surface area contributed by atoms with E-state index in [0.29, 0.717) is 18.3 Å². The minimum Gasteiger partial charge on any atom is -0.301 e. The van der Waals surface area contributed by atoms with Crippen molar-refractivity contribution in [2.24, 2.45) is 28.6 Å². The highest BCUT2D eigenvalue weighted by Crippen LogP contribution is 2.32. The summed E-state index contributed by atoms with van der Waals surface area (Å²) in [5.74, 6) is -1.60. The fourth-order valence-electron chi connectivity index (χ4n) is 4.98. The smallest absolute Gasteiger partial charge is 0.301 e. The van der Waals surface area contributed by atoms with Crippen molar-refractivity contribution in [3.8, 4) is 0 Å². The molecule has 3 unspecified atom stereocenters. The highest BCUT2D eigenvalue weighted by atomic mass is 17.2. The summed E-state index contributed by atoms with van der Waals surface area (Å²) in [4.78, 5) is 61.1. The zero-order valence-corrected chi connectivity index (χ0v) is 32.8. The number of unbranched alkanes of at least 4 members (excludes halogenated alkanes) is 3. The van der Waals surface area contributed by atoms with Gasteiger partial charge in [0.05, 0.1) is 17.8 Å². The summed E-state index contributed by atoms with van der Waals surface area (Å²) in [5.41, 5.74) is -1.16. The molecule has 0 aromatic heterocycles. The zero-order chi connectivity index (χ0) is 36.9. The lowest BCUT2D eigenvalue weighted by Gasteiger charge is -2.29. The molecule has 0 aromatic rings. The van der Waals surface area contributed by atoms with Crippen molar-refractivity contribution in [3.05, 3.63) is 0 Å². The van der Waals surface area contributed by atoms with Crippen molar-refractivity contribution >= 4 is 17.9 Å². The second kappa shape index (κ2) is 23.6. The highest BCUT2D eigenvalue weighted by Gasteiger charge is 2.33. The Morgan fingerprint density at radius 2 is 0.957 bits per heavy atom. The predicted octanol–water partition coefficient (Wildman–Crippen LogP) is 11.0. The zero-order valence-electron chi connectivity index (χ0n) is 32.8. The molecule has 0 radical (unpaired) electrons. The molecular formula is C38H74O9. The summed E-state index contributed by atoms with van der Waals surface area (Å²) in [7, 11) is 0. The summed E-state index contributed by atoms with van der Waals surface area (Å²) >= 11 is 0. The van der Waals surface area contributed by atoms with Gasteiger partial charge < -0.3 is 4.89 Å². The van der Waals surface area contributed by atoms with Crippen molar-refractivity contribution in [2.75, 3.05) is 0 Å². The number of carbonyl (C=O) groups is 3. The molecule has 9 heteroatoms. The summed E-state index contributed by atoms with van der Waals surface area (Å²) in [6, 6.07) is 0. The molecule has 1 N–H and O–H groups in total. The number of rotatable bonds is 22. The summed E-state index contributed by atoms with van der Waals surface area (Å²) < 4.78 is 0. The van der Waals surface area contributed by atoms with E-state index in [1.165, 1.54) is 0 Å². The van der Waals surface area contributed by atoms with E-state index in [9.17, 15) is 14.4 Å². The molecule has 0 rings (SSSR count). The van der Waals surface area contributed by atoms with Gasteiger partial charge in [-0.1, -0.05) is 108 Å². The Morgan fingerprint density at radius 1 is 0.553 bits per heavy atom. The van der Waals surface area contributed by atoms with Gasteiger partial charge in [0.15, 0.2) is 0 Å². The van der Waals surface area contributed by atoms with Gasteiger partial charge in [0.25, 0.3) is 0 Å². The normalized spacial score (nSPS) is 14.4. The third kappa shape index (κ3) is 24.1. The molecule has 0 heterocycles. The monoisotopic (exact) mass is 675 g/mol. The quantitative estimate of drug-likeness (QED) is 0.0679. The summed E-state index contributed by atoms with van der Waals surface area (Å²) in [6.45, 7) is 28.3. The SMILES string of the molecule is CC(C)(C)CCCCC(C(=O)OO)C(C)(C)C.CCCCC(CC)C(=O)OOC(C)(C)CCC(C)(C)OOC(=O)C(CC)CCCC. The van der Waals surface area contributed by atoms with Gasteiger partial charge in [-0.25, -0.2) is 14.4 Å². The van der Waals surface area contributed by atoms with Crippen LogP contribution in [0.25, 0.3) is 0 Å². The van der Waals surface area contributed by atoms with Gasteiger partial charge in [-0.2, -0.15) is 15.0 Å². The van der Waals surface area contributed by atoms with E-state index < -0.39 is 17.2 Å². The van der Waals surface area contributed by atoms with Gasteiger partial charge in [-0.05, 0) is 89.9 Å². The minimum absolute atomic E-state index is 0.126. The number of hydrogen-bond donors (Lipinski definition) is 1. The topological polar surface area (TPSA) is 118 Å². The van der Waals surface area contributed by atoms with Crippen molar-refractivity contribution in [1.29, 1.82) is 0 Å². The van der Waals surface area contributed by atoms with Crippen LogP contribution in [-0.4, -0.2) is 34.4 Å². The first-order valence-electron chi connectivity index (χ1n) is 18.2. The van der Waals surface area contributed by atoms with Gasteiger partial charge in [-0.15, -0.1) is 0 Å².